The van der Waals surface area contributed by atoms with Crippen molar-refractivity contribution >= 4 is 28.9 Å². The smallest absolute Gasteiger partial charge is 0.343 e. The highest BCUT2D eigenvalue weighted by Gasteiger charge is 2.53. The van der Waals surface area contributed by atoms with Crippen LogP contribution in [0.4, 0.5) is 5.69 Å². The van der Waals surface area contributed by atoms with E-state index in [2.05, 4.69) is 15.3 Å². The number of amides is 1. The highest BCUT2D eigenvalue weighted by atomic mass is 79.9. The van der Waals surface area contributed by atoms with Crippen molar-refractivity contribution in [3.05, 3.63) is 41.1 Å². The largest absolute Gasteiger partial charge is 1.00 e. The van der Waals surface area contributed by atoms with Gasteiger partial charge in [0.05, 0.1) is 31.2 Å². The van der Waals surface area contributed by atoms with Crippen LogP contribution < -0.4 is 22.3 Å². The molecule has 2 N–H and O–H groups in total. The van der Waals surface area contributed by atoms with E-state index in [9.17, 15) is 14.7 Å². The maximum absolute atomic E-state index is 13.5. The summed E-state index contributed by atoms with van der Waals surface area (Å²) in [4.78, 5) is 34.1. The predicted molar refractivity (Wildman–Crippen MR) is 123 cm³/mol. The molecular weight excluding hydrogens is 520 g/mol. The number of hydrogen-bond donors (Lipinski definition) is 2. The molecule has 1 aliphatic carbocycles. The summed E-state index contributed by atoms with van der Waals surface area (Å²) in [5.41, 5.74) is -0.357. The van der Waals surface area contributed by atoms with Gasteiger partial charge in [0.2, 0.25) is 0 Å². The lowest BCUT2D eigenvalue weighted by Crippen LogP contribution is -3.00. The van der Waals surface area contributed by atoms with Gasteiger partial charge in [0.1, 0.15) is 12.9 Å². The van der Waals surface area contributed by atoms with Crippen LogP contribution >= 0.6 is 11.3 Å². The topological polar surface area (TPSA) is 101 Å². The number of rotatable bonds is 7. The van der Waals surface area contributed by atoms with E-state index in [-0.39, 0.29) is 40.8 Å². The number of aromatic nitrogens is 2. The molecule has 1 unspecified atom stereocenters. The minimum atomic E-state index is -1.59. The average molecular weight is 552 g/mol. The first-order chi connectivity index (χ1) is 16.0. The van der Waals surface area contributed by atoms with Gasteiger partial charge in [0, 0.05) is 30.2 Å². The first kappa shape index (κ1) is 25.2. The molecule has 2 aromatic heterocycles. The Labute approximate surface area is 214 Å². The SMILES string of the molecule is O=C(C[N+]12CCC(CC1)C(OC(=O)[C@](O)(c1ccsc1)C1CCCC1)C2)Nc1cncnc1.[Br-]. The average Bonchev–Trinajstić information content (AvgIpc) is 3.54. The number of nitrogens with zero attached hydrogens (tertiary/aromatic N) is 3. The Hall–Kier alpha value is -1.88. The summed E-state index contributed by atoms with van der Waals surface area (Å²) in [6.45, 7) is 2.73. The van der Waals surface area contributed by atoms with Crippen LogP contribution in [0.3, 0.4) is 0 Å². The summed E-state index contributed by atoms with van der Waals surface area (Å²) in [6, 6.07) is 1.84. The maximum atomic E-state index is 13.5. The monoisotopic (exact) mass is 550 g/mol. The minimum Gasteiger partial charge on any atom is -1.00 e. The Bertz CT molecular complexity index is 978. The van der Waals surface area contributed by atoms with Crippen molar-refractivity contribution in [3.8, 4) is 0 Å². The van der Waals surface area contributed by atoms with E-state index in [1.807, 2.05) is 16.8 Å². The molecule has 0 spiro atoms. The molecule has 34 heavy (non-hydrogen) atoms. The summed E-state index contributed by atoms with van der Waals surface area (Å²) in [5, 5.41) is 18.3. The molecule has 184 valence electrons. The van der Waals surface area contributed by atoms with Crippen molar-refractivity contribution in [2.45, 2.75) is 50.2 Å². The molecule has 2 atom stereocenters. The predicted octanol–water partition coefficient (Wildman–Crippen LogP) is -0.289. The zero-order valence-electron chi connectivity index (χ0n) is 19.1. The molecule has 8 nitrogen and oxygen atoms in total. The molecule has 4 fully saturated rings. The first-order valence-corrected chi connectivity index (χ1v) is 12.8. The lowest BCUT2D eigenvalue weighted by atomic mass is 9.80. The van der Waals surface area contributed by atoms with E-state index < -0.39 is 11.6 Å². The van der Waals surface area contributed by atoms with Gasteiger partial charge in [-0.1, -0.05) is 12.8 Å². The van der Waals surface area contributed by atoms with Crippen LogP contribution in [0.5, 0.6) is 0 Å². The number of piperidine rings is 3. The van der Waals surface area contributed by atoms with Gasteiger partial charge in [-0.3, -0.25) is 4.79 Å². The highest BCUT2D eigenvalue weighted by molar-refractivity contribution is 7.08. The Morgan fingerprint density at radius 3 is 2.53 bits per heavy atom. The fraction of sp³-hybridized carbons (Fsp3) is 0.583. The van der Waals surface area contributed by atoms with Gasteiger partial charge in [0.25, 0.3) is 5.91 Å². The van der Waals surface area contributed by atoms with E-state index in [1.165, 1.54) is 17.7 Å². The number of halogens is 1. The fourth-order valence-corrected chi connectivity index (χ4v) is 6.73. The van der Waals surface area contributed by atoms with Gasteiger partial charge >= 0.3 is 5.97 Å². The third-order valence-corrected chi connectivity index (χ3v) is 8.52. The Kier molecular flexibility index (Phi) is 7.71. The number of carbonyl (C=O) groups is 2. The molecule has 3 saturated heterocycles. The fourth-order valence-electron chi connectivity index (χ4n) is 6.02. The zero-order chi connectivity index (χ0) is 22.9. The van der Waals surface area contributed by atoms with Crippen molar-refractivity contribution in [1.29, 1.82) is 0 Å². The Morgan fingerprint density at radius 1 is 1.18 bits per heavy atom. The molecule has 4 aliphatic rings. The lowest BCUT2D eigenvalue weighted by molar-refractivity contribution is -0.939. The highest BCUT2D eigenvalue weighted by Crippen LogP contribution is 2.43. The van der Waals surface area contributed by atoms with Crippen molar-refractivity contribution in [3.63, 3.8) is 0 Å². The standard InChI is InChI=1S/C24H30N4O4S.BrH/c29-22(27-20-11-25-16-26-12-20)14-28-8-5-17(6-9-28)21(13-28)32-23(30)24(31,18-3-1-2-4-18)19-7-10-33-15-19;/h7,10-12,15-18,21,31H,1-6,8-9,13-14H2;1H/t17?,21?,24-,28?;/m1./s1. The van der Waals surface area contributed by atoms with Crippen molar-refractivity contribution in [2.75, 3.05) is 31.5 Å². The van der Waals surface area contributed by atoms with Crippen LogP contribution in [0, 0.1) is 11.8 Å². The van der Waals surface area contributed by atoms with E-state index in [0.29, 0.717) is 28.8 Å². The van der Waals surface area contributed by atoms with Crippen molar-refractivity contribution in [2.24, 2.45) is 11.8 Å². The minimum absolute atomic E-state index is 0. The Morgan fingerprint density at radius 2 is 1.88 bits per heavy atom. The quantitative estimate of drug-likeness (QED) is 0.363. The molecular formula is C24H31BrN4O4S. The van der Waals surface area contributed by atoms with Crippen LogP contribution in [0.15, 0.2) is 35.5 Å². The van der Waals surface area contributed by atoms with Crippen LogP contribution in [0.2, 0.25) is 0 Å². The van der Waals surface area contributed by atoms with Crippen LogP contribution in [-0.4, -0.2) is 63.7 Å². The van der Waals surface area contributed by atoms with E-state index in [4.69, 9.17) is 4.74 Å². The number of anilines is 1. The van der Waals surface area contributed by atoms with Crippen molar-refractivity contribution < 1.29 is 40.9 Å². The number of esters is 1. The molecule has 0 radical (unpaired) electrons. The van der Waals surface area contributed by atoms with Gasteiger partial charge < -0.3 is 36.6 Å². The molecule has 1 amide bonds. The third-order valence-electron chi connectivity index (χ3n) is 7.84. The molecule has 5 heterocycles. The number of nitrogens with one attached hydrogen (secondary N) is 1. The molecule has 0 aromatic carbocycles. The summed E-state index contributed by atoms with van der Waals surface area (Å²) in [5.74, 6) is -0.427. The van der Waals surface area contributed by atoms with E-state index in [1.54, 1.807) is 12.4 Å². The number of carbonyl (C=O) groups excluding carboxylic acids is 2. The second kappa shape index (κ2) is 10.4. The van der Waals surface area contributed by atoms with Crippen molar-refractivity contribution in [1.82, 2.24) is 9.97 Å². The Balaban J connectivity index is 0.00000274. The number of ether oxygens (including phenoxy) is 1. The summed E-state index contributed by atoms with van der Waals surface area (Å²) < 4.78 is 6.71. The van der Waals surface area contributed by atoms with E-state index in [0.717, 1.165) is 51.6 Å². The number of thiophene rings is 1. The second-order valence-electron chi connectivity index (χ2n) is 9.85. The number of fused-ring (bicyclic) bond motifs is 3. The molecule has 10 heteroatoms. The van der Waals surface area contributed by atoms with Gasteiger partial charge in [-0.25, -0.2) is 14.8 Å². The van der Waals surface area contributed by atoms with Crippen LogP contribution in [0.25, 0.3) is 0 Å². The summed E-state index contributed by atoms with van der Waals surface area (Å²) in [6.07, 6.45) is 9.85. The lowest BCUT2D eigenvalue weighted by Gasteiger charge is -2.51. The normalized spacial score (nSPS) is 28.0. The second-order valence-corrected chi connectivity index (χ2v) is 10.6. The van der Waals surface area contributed by atoms with Gasteiger partial charge in [-0.2, -0.15) is 11.3 Å². The summed E-state index contributed by atoms with van der Waals surface area (Å²) >= 11 is 1.48. The molecule has 3 aliphatic heterocycles. The van der Waals surface area contributed by atoms with Gasteiger partial charge in [-0.15, -0.1) is 0 Å². The maximum Gasteiger partial charge on any atom is 0.343 e. The summed E-state index contributed by atoms with van der Waals surface area (Å²) in [7, 11) is 0. The third kappa shape index (κ3) is 4.91. The number of quaternary nitrogens is 1. The molecule has 2 aromatic rings. The first-order valence-electron chi connectivity index (χ1n) is 11.8. The van der Waals surface area contributed by atoms with E-state index >= 15 is 0 Å². The van der Waals surface area contributed by atoms with Gasteiger partial charge in [0.15, 0.2) is 18.2 Å². The zero-order valence-corrected chi connectivity index (χ0v) is 21.5. The van der Waals surface area contributed by atoms with Crippen LogP contribution in [0.1, 0.15) is 44.1 Å². The number of hydrogen-bond acceptors (Lipinski definition) is 7. The molecule has 2 bridgehead atoms. The van der Waals surface area contributed by atoms with Gasteiger partial charge in [-0.05, 0) is 29.7 Å². The van der Waals surface area contributed by atoms with Crippen LogP contribution in [-0.2, 0) is 19.9 Å². The molecule has 1 saturated carbocycles. The molecule has 6 rings (SSSR count). The number of aliphatic hydroxyl groups is 1.